The maximum absolute atomic E-state index is 13.1. The Bertz CT molecular complexity index is 1060. The van der Waals surface area contributed by atoms with Crippen molar-refractivity contribution < 1.29 is 33.4 Å². The molecule has 30 heavy (non-hydrogen) atoms. The fraction of sp³-hybridized carbons (Fsp3) is 0.238. The molecule has 1 saturated heterocycles. The van der Waals surface area contributed by atoms with Crippen molar-refractivity contribution in [2.45, 2.75) is 13.0 Å². The number of esters is 1. The van der Waals surface area contributed by atoms with E-state index in [-0.39, 0.29) is 0 Å². The molecule has 2 amide bonds. The Kier molecular flexibility index (Phi) is 4.86. The van der Waals surface area contributed by atoms with Crippen molar-refractivity contribution in [2.75, 3.05) is 19.1 Å². The van der Waals surface area contributed by atoms with Gasteiger partial charge in [-0.3, -0.25) is 14.4 Å². The van der Waals surface area contributed by atoms with E-state index in [1.165, 1.54) is 45.4 Å². The largest absolute Gasteiger partial charge is 0.493 e. The van der Waals surface area contributed by atoms with Crippen LogP contribution in [0.4, 0.5) is 5.69 Å². The number of anilines is 1. The molecule has 2 atom stereocenters. The molecule has 0 bridgehead atoms. The van der Waals surface area contributed by atoms with Crippen LogP contribution < -0.4 is 19.1 Å². The number of hydrogen-bond acceptors (Lipinski definition) is 8. The standard InChI is InChI=1S/C21H18N2O7/c1-11(24)29-14-7-5-13(6-8-14)23-20(25)17-18(22-30-19(17)21(23)26)12-4-9-15(27-2)16(10-12)28-3/h4-10,17,19H,1-3H3/t17-,19-/m1/s1. The van der Waals surface area contributed by atoms with E-state index in [1.807, 2.05) is 0 Å². The van der Waals surface area contributed by atoms with Crippen LogP contribution in [0.15, 0.2) is 47.6 Å². The first-order valence-corrected chi connectivity index (χ1v) is 9.07. The summed E-state index contributed by atoms with van der Waals surface area (Å²) in [6.07, 6.45) is -1.03. The second kappa shape index (κ2) is 7.51. The van der Waals surface area contributed by atoms with Gasteiger partial charge in [0.25, 0.3) is 5.91 Å². The van der Waals surface area contributed by atoms with Gasteiger partial charge in [0.05, 0.1) is 19.9 Å². The number of carbonyl (C=O) groups is 3. The monoisotopic (exact) mass is 410 g/mol. The number of ether oxygens (including phenoxy) is 3. The summed E-state index contributed by atoms with van der Waals surface area (Å²) in [5.74, 6) is -0.981. The van der Waals surface area contributed by atoms with Gasteiger partial charge >= 0.3 is 5.97 Å². The highest BCUT2D eigenvalue weighted by atomic mass is 16.7. The van der Waals surface area contributed by atoms with E-state index >= 15 is 0 Å². The normalized spacial score (nSPS) is 19.8. The summed E-state index contributed by atoms with van der Waals surface area (Å²) in [7, 11) is 3.02. The molecular formula is C21H18N2O7. The Morgan fingerprint density at radius 3 is 2.33 bits per heavy atom. The van der Waals surface area contributed by atoms with E-state index < -0.39 is 29.8 Å². The number of methoxy groups -OCH3 is 2. The van der Waals surface area contributed by atoms with Crippen molar-refractivity contribution in [3.8, 4) is 17.2 Å². The molecule has 2 heterocycles. The second-order valence-corrected chi connectivity index (χ2v) is 6.65. The van der Waals surface area contributed by atoms with Gasteiger partial charge in [0.1, 0.15) is 17.4 Å². The molecule has 0 N–H and O–H groups in total. The lowest BCUT2D eigenvalue weighted by Gasteiger charge is -2.16. The average Bonchev–Trinajstić information content (AvgIpc) is 3.28. The molecule has 2 aliphatic rings. The minimum Gasteiger partial charge on any atom is -0.493 e. The lowest BCUT2D eigenvalue weighted by atomic mass is 9.94. The molecule has 9 heteroatoms. The van der Waals surface area contributed by atoms with Gasteiger partial charge in [-0.05, 0) is 42.5 Å². The number of fused-ring (bicyclic) bond motifs is 1. The second-order valence-electron chi connectivity index (χ2n) is 6.65. The van der Waals surface area contributed by atoms with Crippen LogP contribution in [0.3, 0.4) is 0 Å². The molecule has 2 aromatic carbocycles. The van der Waals surface area contributed by atoms with Crippen LogP contribution in [0.1, 0.15) is 12.5 Å². The van der Waals surface area contributed by atoms with E-state index in [4.69, 9.17) is 19.0 Å². The summed E-state index contributed by atoms with van der Waals surface area (Å²) < 4.78 is 15.5. The Morgan fingerprint density at radius 2 is 1.70 bits per heavy atom. The fourth-order valence-corrected chi connectivity index (χ4v) is 3.50. The molecule has 0 spiro atoms. The summed E-state index contributed by atoms with van der Waals surface area (Å²) in [4.78, 5) is 43.4. The van der Waals surface area contributed by atoms with E-state index in [2.05, 4.69) is 5.16 Å². The molecule has 0 aromatic heterocycles. The molecule has 1 fully saturated rings. The number of oxime groups is 1. The topological polar surface area (TPSA) is 104 Å². The van der Waals surface area contributed by atoms with E-state index in [1.54, 1.807) is 18.2 Å². The van der Waals surface area contributed by atoms with Crippen molar-refractivity contribution in [3.05, 3.63) is 48.0 Å². The summed E-state index contributed by atoms with van der Waals surface area (Å²) in [6, 6.07) is 11.2. The third kappa shape index (κ3) is 3.14. The first kappa shape index (κ1) is 19.4. The minimum atomic E-state index is -1.03. The quantitative estimate of drug-likeness (QED) is 0.421. The van der Waals surface area contributed by atoms with E-state index in [0.717, 1.165) is 4.90 Å². The zero-order valence-corrected chi connectivity index (χ0v) is 16.4. The molecule has 4 rings (SSSR count). The van der Waals surface area contributed by atoms with Crippen molar-refractivity contribution in [2.24, 2.45) is 11.1 Å². The highest BCUT2D eigenvalue weighted by Gasteiger charge is 2.56. The first-order chi connectivity index (χ1) is 14.4. The number of benzene rings is 2. The molecule has 9 nitrogen and oxygen atoms in total. The van der Waals surface area contributed by atoms with Crippen LogP contribution in [-0.4, -0.2) is 43.8 Å². The van der Waals surface area contributed by atoms with Crippen LogP contribution in [0.2, 0.25) is 0 Å². The van der Waals surface area contributed by atoms with Crippen LogP contribution in [0.25, 0.3) is 0 Å². The van der Waals surface area contributed by atoms with Gasteiger partial charge in [-0.2, -0.15) is 0 Å². The first-order valence-electron chi connectivity index (χ1n) is 9.07. The highest BCUT2D eigenvalue weighted by Crippen LogP contribution is 2.37. The number of imide groups is 1. The Hall–Kier alpha value is -3.88. The minimum absolute atomic E-state index is 0.314. The summed E-state index contributed by atoms with van der Waals surface area (Å²) in [5.41, 5.74) is 1.29. The summed E-state index contributed by atoms with van der Waals surface area (Å²) in [6.45, 7) is 1.29. The zero-order chi connectivity index (χ0) is 21.4. The third-order valence-corrected chi connectivity index (χ3v) is 4.85. The predicted molar refractivity (Wildman–Crippen MR) is 105 cm³/mol. The van der Waals surface area contributed by atoms with Gasteiger partial charge in [0.2, 0.25) is 12.0 Å². The molecule has 0 aliphatic carbocycles. The molecule has 0 unspecified atom stereocenters. The predicted octanol–water partition coefficient (Wildman–Crippen LogP) is 1.92. The number of amides is 2. The van der Waals surface area contributed by atoms with Crippen LogP contribution >= 0.6 is 0 Å². The third-order valence-electron chi connectivity index (χ3n) is 4.85. The van der Waals surface area contributed by atoms with Crippen molar-refractivity contribution >= 4 is 29.2 Å². The molecular weight excluding hydrogens is 392 g/mol. The van der Waals surface area contributed by atoms with Gasteiger partial charge < -0.3 is 19.0 Å². The lowest BCUT2D eigenvalue weighted by Crippen LogP contribution is -2.33. The molecule has 154 valence electrons. The molecule has 2 aliphatic heterocycles. The van der Waals surface area contributed by atoms with Gasteiger partial charge in [0.15, 0.2) is 11.5 Å². The van der Waals surface area contributed by atoms with Crippen LogP contribution in [0.5, 0.6) is 17.2 Å². The van der Waals surface area contributed by atoms with Crippen molar-refractivity contribution in [1.29, 1.82) is 0 Å². The van der Waals surface area contributed by atoms with Gasteiger partial charge in [-0.1, -0.05) is 5.16 Å². The number of rotatable bonds is 5. The van der Waals surface area contributed by atoms with Gasteiger partial charge in [0, 0.05) is 12.5 Å². The summed E-state index contributed by atoms with van der Waals surface area (Å²) >= 11 is 0. The SMILES string of the molecule is COc1ccc(C2=NO[C@H]3C(=O)N(c4ccc(OC(C)=O)cc4)C(=O)[C@H]23)cc1OC. The number of hydrogen-bond donors (Lipinski definition) is 0. The Balaban J connectivity index is 1.62. The van der Waals surface area contributed by atoms with Gasteiger partial charge in [-0.15, -0.1) is 0 Å². The smallest absolute Gasteiger partial charge is 0.308 e. The molecule has 0 saturated carbocycles. The lowest BCUT2D eigenvalue weighted by molar-refractivity contribution is -0.132. The highest BCUT2D eigenvalue weighted by molar-refractivity contribution is 6.32. The number of nitrogens with zero attached hydrogens (tertiary/aromatic N) is 2. The van der Waals surface area contributed by atoms with Crippen LogP contribution in [-0.2, 0) is 19.2 Å². The average molecular weight is 410 g/mol. The van der Waals surface area contributed by atoms with Crippen LogP contribution in [0, 0.1) is 5.92 Å². The number of carbonyl (C=O) groups excluding carboxylic acids is 3. The van der Waals surface area contributed by atoms with E-state index in [0.29, 0.717) is 34.2 Å². The Morgan fingerprint density at radius 1 is 1.00 bits per heavy atom. The molecule has 2 aromatic rings. The molecule has 0 radical (unpaired) electrons. The van der Waals surface area contributed by atoms with Crippen molar-refractivity contribution in [1.82, 2.24) is 0 Å². The summed E-state index contributed by atoms with van der Waals surface area (Å²) in [5, 5.41) is 3.99. The van der Waals surface area contributed by atoms with Gasteiger partial charge in [-0.25, -0.2) is 4.90 Å². The maximum atomic E-state index is 13.1. The van der Waals surface area contributed by atoms with E-state index in [9.17, 15) is 14.4 Å². The van der Waals surface area contributed by atoms with Crippen molar-refractivity contribution in [3.63, 3.8) is 0 Å². The zero-order valence-electron chi connectivity index (χ0n) is 16.4. The Labute approximate surface area is 171 Å². The fourth-order valence-electron chi connectivity index (χ4n) is 3.50. The maximum Gasteiger partial charge on any atom is 0.308 e.